The van der Waals surface area contributed by atoms with E-state index in [-0.39, 0.29) is 5.91 Å². The second-order valence-electron chi connectivity index (χ2n) is 8.62. The number of amides is 1. The third-order valence-electron chi connectivity index (χ3n) is 6.00. The molecule has 1 saturated heterocycles. The summed E-state index contributed by atoms with van der Waals surface area (Å²) < 4.78 is 12.9. The maximum atomic E-state index is 13.1. The first-order chi connectivity index (χ1) is 17.6. The van der Waals surface area contributed by atoms with E-state index in [0.29, 0.717) is 49.8 Å². The van der Waals surface area contributed by atoms with E-state index in [1.807, 2.05) is 60.3 Å². The first kappa shape index (κ1) is 25.7. The summed E-state index contributed by atoms with van der Waals surface area (Å²) in [7, 11) is 1.63. The molecule has 1 N–H and O–H groups in total. The lowest BCUT2D eigenvalue weighted by molar-refractivity contribution is -0.117. The highest BCUT2D eigenvalue weighted by molar-refractivity contribution is 6.17. The van der Waals surface area contributed by atoms with Crippen molar-refractivity contribution in [1.82, 2.24) is 19.9 Å². The normalized spacial score (nSPS) is 14.1. The Morgan fingerprint density at radius 1 is 1.22 bits per heavy atom. The van der Waals surface area contributed by atoms with Crippen molar-refractivity contribution in [2.75, 3.05) is 44.2 Å². The summed E-state index contributed by atoms with van der Waals surface area (Å²) in [6.45, 7) is 5.45. The number of pyridine rings is 1. The van der Waals surface area contributed by atoms with Crippen LogP contribution in [0.3, 0.4) is 0 Å². The van der Waals surface area contributed by atoms with Crippen molar-refractivity contribution in [3.8, 4) is 11.4 Å². The molecule has 9 heteroatoms. The molecule has 8 nitrogen and oxygen atoms in total. The number of alkyl halides is 1. The Morgan fingerprint density at radius 2 is 2.06 bits per heavy atom. The number of aromatic nitrogens is 3. The molecule has 0 atom stereocenters. The number of anilines is 1. The molecule has 4 rings (SSSR count). The predicted octanol–water partition coefficient (Wildman–Crippen LogP) is 4.14. The number of nitrogens with one attached hydrogen (secondary N) is 1. The van der Waals surface area contributed by atoms with Gasteiger partial charge >= 0.3 is 0 Å². The van der Waals surface area contributed by atoms with Crippen LogP contribution in [0.1, 0.15) is 29.7 Å². The van der Waals surface area contributed by atoms with Gasteiger partial charge in [0.05, 0.1) is 38.0 Å². The standard InChI is InChI=1S/C27H32ClN5O3/c1-20-18-33(19-31-20)24-7-5-21(15-25(24)35-2)14-23(4-3-9-28)27(34)30-17-22-6-8-26(29-16-22)32-10-12-36-13-11-32/h5-8,14-16,18-19H,3-4,9-13,17H2,1-2H3,(H,30,34)/b23-14+. The van der Waals surface area contributed by atoms with Gasteiger partial charge in [0.15, 0.2) is 0 Å². The largest absolute Gasteiger partial charge is 0.495 e. The first-order valence-electron chi connectivity index (χ1n) is 12.1. The lowest BCUT2D eigenvalue weighted by atomic mass is 10.0. The lowest BCUT2D eigenvalue weighted by Gasteiger charge is -2.27. The van der Waals surface area contributed by atoms with Crippen LogP contribution in [-0.2, 0) is 16.1 Å². The number of methoxy groups -OCH3 is 1. The van der Waals surface area contributed by atoms with E-state index in [2.05, 4.69) is 20.2 Å². The smallest absolute Gasteiger partial charge is 0.247 e. The molecular formula is C27H32ClN5O3. The maximum absolute atomic E-state index is 13.1. The fraction of sp³-hybridized carbons (Fsp3) is 0.370. The van der Waals surface area contributed by atoms with Crippen LogP contribution in [0, 0.1) is 6.92 Å². The number of rotatable bonds is 10. The van der Waals surface area contributed by atoms with Gasteiger partial charge in [-0.15, -0.1) is 11.6 Å². The van der Waals surface area contributed by atoms with E-state index < -0.39 is 0 Å². The Morgan fingerprint density at radius 3 is 2.72 bits per heavy atom. The highest BCUT2D eigenvalue weighted by Gasteiger charge is 2.14. The Balaban J connectivity index is 1.45. The van der Waals surface area contributed by atoms with Gasteiger partial charge < -0.3 is 24.3 Å². The summed E-state index contributed by atoms with van der Waals surface area (Å²) in [5, 5.41) is 3.03. The molecule has 1 aliphatic heterocycles. The van der Waals surface area contributed by atoms with Gasteiger partial charge in [0.1, 0.15) is 11.6 Å². The summed E-state index contributed by atoms with van der Waals surface area (Å²) in [6, 6.07) is 9.85. The van der Waals surface area contributed by atoms with Crippen LogP contribution < -0.4 is 15.0 Å². The third kappa shape index (κ3) is 6.65. The first-order valence-corrected chi connectivity index (χ1v) is 12.6. The van der Waals surface area contributed by atoms with Crippen molar-refractivity contribution in [2.24, 2.45) is 0 Å². The minimum Gasteiger partial charge on any atom is -0.495 e. The van der Waals surface area contributed by atoms with Gasteiger partial charge in [0.25, 0.3) is 0 Å². The molecule has 0 aliphatic carbocycles. The topological polar surface area (TPSA) is 81.5 Å². The number of morpholine rings is 1. The van der Waals surface area contributed by atoms with Crippen LogP contribution in [0.5, 0.6) is 5.75 Å². The lowest BCUT2D eigenvalue weighted by Crippen LogP contribution is -2.36. The number of hydrogen-bond donors (Lipinski definition) is 1. The van der Waals surface area contributed by atoms with E-state index >= 15 is 0 Å². The van der Waals surface area contributed by atoms with Crippen molar-refractivity contribution in [3.05, 3.63) is 71.4 Å². The Kier molecular flexibility index (Phi) is 8.97. The van der Waals surface area contributed by atoms with Gasteiger partial charge in [-0.2, -0.15) is 0 Å². The number of nitrogens with zero attached hydrogens (tertiary/aromatic N) is 4. The molecule has 190 valence electrons. The molecule has 1 aromatic carbocycles. The molecule has 3 aromatic rings. The number of carbonyl (C=O) groups is 1. The number of hydrogen-bond acceptors (Lipinski definition) is 6. The van der Waals surface area contributed by atoms with E-state index in [0.717, 1.165) is 41.4 Å². The minimum atomic E-state index is -0.120. The van der Waals surface area contributed by atoms with Gasteiger partial charge in [0, 0.05) is 43.5 Å². The molecule has 0 saturated carbocycles. The summed E-state index contributed by atoms with van der Waals surface area (Å²) in [4.78, 5) is 24.1. The average Bonchev–Trinajstić information content (AvgIpc) is 3.36. The van der Waals surface area contributed by atoms with Gasteiger partial charge in [-0.25, -0.2) is 9.97 Å². The van der Waals surface area contributed by atoms with Gasteiger partial charge in [-0.3, -0.25) is 4.79 Å². The molecule has 1 fully saturated rings. The monoisotopic (exact) mass is 509 g/mol. The minimum absolute atomic E-state index is 0.120. The Hall–Kier alpha value is -3.36. The second-order valence-corrected chi connectivity index (χ2v) is 9.00. The number of carbonyl (C=O) groups excluding carboxylic acids is 1. The highest BCUT2D eigenvalue weighted by Crippen LogP contribution is 2.26. The zero-order chi connectivity index (χ0) is 25.3. The molecule has 3 heterocycles. The molecule has 0 bridgehead atoms. The SMILES string of the molecule is COc1cc(/C=C(\CCCCl)C(=O)NCc2ccc(N3CCOCC3)nc2)ccc1-n1cnc(C)c1. The Bertz CT molecular complexity index is 1190. The van der Waals surface area contributed by atoms with Crippen LogP contribution >= 0.6 is 11.6 Å². The fourth-order valence-corrected chi connectivity index (χ4v) is 4.19. The zero-order valence-corrected chi connectivity index (χ0v) is 21.5. The van der Waals surface area contributed by atoms with Crippen molar-refractivity contribution in [1.29, 1.82) is 0 Å². The van der Waals surface area contributed by atoms with Gasteiger partial charge in [-0.1, -0.05) is 12.1 Å². The molecule has 36 heavy (non-hydrogen) atoms. The van der Waals surface area contributed by atoms with E-state index in [9.17, 15) is 4.79 Å². The molecular weight excluding hydrogens is 478 g/mol. The predicted molar refractivity (Wildman–Crippen MR) is 142 cm³/mol. The van der Waals surface area contributed by atoms with Crippen LogP contribution in [0.15, 0.2) is 54.6 Å². The van der Waals surface area contributed by atoms with E-state index in [1.54, 1.807) is 13.4 Å². The number of imidazole rings is 1. The number of halogens is 1. The van der Waals surface area contributed by atoms with Crippen molar-refractivity contribution >= 4 is 29.4 Å². The quantitative estimate of drug-likeness (QED) is 0.327. The number of aryl methyl sites for hydroxylation is 1. The summed E-state index contributed by atoms with van der Waals surface area (Å²) >= 11 is 5.94. The third-order valence-corrected chi connectivity index (χ3v) is 6.27. The van der Waals surface area contributed by atoms with Gasteiger partial charge in [0.2, 0.25) is 5.91 Å². The number of ether oxygens (including phenoxy) is 2. The van der Waals surface area contributed by atoms with Crippen LogP contribution in [-0.4, -0.2) is 59.7 Å². The maximum Gasteiger partial charge on any atom is 0.247 e. The van der Waals surface area contributed by atoms with Crippen molar-refractivity contribution in [3.63, 3.8) is 0 Å². The molecule has 0 spiro atoms. The number of benzene rings is 1. The van der Waals surface area contributed by atoms with Crippen molar-refractivity contribution in [2.45, 2.75) is 26.3 Å². The second kappa shape index (κ2) is 12.6. The van der Waals surface area contributed by atoms with Crippen LogP contribution in [0.25, 0.3) is 11.8 Å². The molecule has 2 aromatic heterocycles. The summed E-state index contributed by atoms with van der Waals surface area (Å²) in [5.74, 6) is 1.99. The fourth-order valence-electron chi connectivity index (χ4n) is 4.06. The van der Waals surface area contributed by atoms with Crippen LogP contribution in [0.4, 0.5) is 5.82 Å². The zero-order valence-electron chi connectivity index (χ0n) is 20.7. The Labute approximate surface area is 216 Å². The van der Waals surface area contributed by atoms with E-state index in [4.69, 9.17) is 21.1 Å². The van der Waals surface area contributed by atoms with Crippen molar-refractivity contribution < 1.29 is 14.3 Å². The van der Waals surface area contributed by atoms with E-state index in [1.165, 1.54) is 0 Å². The average molecular weight is 510 g/mol. The molecule has 1 aliphatic rings. The van der Waals surface area contributed by atoms with Gasteiger partial charge in [-0.05, 0) is 55.2 Å². The molecule has 0 unspecified atom stereocenters. The highest BCUT2D eigenvalue weighted by atomic mass is 35.5. The molecule has 0 radical (unpaired) electrons. The van der Waals surface area contributed by atoms with Crippen LogP contribution in [0.2, 0.25) is 0 Å². The molecule has 1 amide bonds. The summed E-state index contributed by atoms with van der Waals surface area (Å²) in [5.41, 5.74) is 4.30. The summed E-state index contributed by atoms with van der Waals surface area (Å²) in [6.07, 6.45) is 8.69.